The van der Waals surface area contributed by atoms with Gasteiger partial charge in [-0.05, 0) is 49.4 Å². The minimum atomic E-state index is -0.508. The first-order chi connectivity index (χ1) is 12.5. The van der Waals surface area contributed by atoms with Crippen molar-refractivity contribution in [2.24, 2.45) is 5.73 Å². The lowest BCUT2D eigenvalue weighted by molar-refractivity contribution is -0.114. The fraction of sp³-hybridized carbons (Fsp3) is 0.316. The van der Waals surface area contributed by atoms with Crippen LogP contribution < -0.4 is 16.4 Å². The number of hydrogen-bond acceptors (Lipinski definition) is 4. The van der Waals surface area contributed by atoms with Crippen LogP contribution in [0.4, 0.5) is 10.7 Å². The van der Waals surface area contributed by atoms with Gasteiger partial charge in [0.15, 0.2) is 0 Å². The molecule has 0 fully saturated rings. The predicted octanol–water partition coefficient (Wildman–Crippen LogP) is 3.33. The SMILES string of the molecule is CC(=O)Nc1cccc(C(=O)Nc2sc3c(c2C(N)=O)CCCCC3)c1. The Morgan fingerprint density at radius 2 is 1.85 bits per heavy atom. The third-order valence-corrected chi connectivity index (χ3v) is 5.55. The van der Waals surface area contributed by atoms with E-state index in [0.29, 0.717) is 21.8 Å². The van der Waals surface area contributed by atoms with Crippen LogP contribution in [0.2, 0.25) is 0 Å². The number of nitrogens with one attached hydrogen (secondary N) is 2. The lowest BCUT2D eigenvalue weighted by Crippen LogP contribution is -2.18. The zero-order chi connectivity index (χ0) is 18.7. The molecular formula is C19H21N3O3S. The number of amides is 3. The number of anilines is 2. The van der Waals surface area contributed by atoms with E-state index in [1.807, 2.05) is 0 Å². The Morgan fingerprint density at radius 3 is 2.58 bits per heavy atom. The van der Waals surface area contributed by atoms with E-state index in [4.69, 9.17) is 5.73 Å². The molecule has 0 atom stereocenters. The molecule has 0 spiro atoms. The Bertz CT molecular complexity index is 873. The van der Waals surface area contributed by atoms with Crippen molar-refractivity contribution in [1.29, 1.82) is 0 Å². The van der Waals surface area contributed by atoms with Crippen molar-refractivity contribution in [3.05, 3.63) is 45.8 Å². The molecule has 7 heteroatoms. The van der Waals surface area contributed by atoms with E-state index in [-0.39, 0.29) is 11.8 Å². The average molecular weight is 371 g/mol. The molecule has 1 aromatic heterocycles. The van der Waals surface area contributed by atoms with E-state index >= 15 is 0 Å². The number of fused-ring (bicyclic) bond motifs is 1. The zero-order valence-corrected chi connectivity index (χ0v) is 15.4. The molecule has 0 unspecified atom stereocenters. The molecular weight excluding hydrogens is 350 g/mol. The first-order valence-electron chi connectivity index (χ1n) is 8.59. The van der Waals surface area contributed by atoms with E-state index in [9.17, 15) is 14.4 Å². The molecule has 0 saturated carbocycles. The van der Waals surface area contributed by atoms with E-state index in [2.05, 4.69) is 10.6 Å². The standard InChI is InChI=1S/C19H21N3O3S/c1-11(23)21-13-7-5-6-12(10-13)18(25)22-19-16(17(20)24)14-8-3-2-4-9-15(14)26-19/h5-7,10H,2-4,8-9H2,1H3,(H2,20,24)(H,21,23)(H,22,25). The van der Waals surface area contributed by atoms with Crippen LogP contribution in [-0.4, -0.2) is 17.7 Å². The second-order valence-electron chi connectivity index (χ2n) is 6.35. The molecule has 0 saturated heterocycles. The van der Waals surface area contributed by atoms with Gasteiger partial charge in [0.1, 0.15) is 5.00 Å². The summed E-state index contributed by atoms with van der Waals surface area (Å²) in [6.45, 7) is 1.41. The molecule has 3 rings (SSSR count). The number of nitrogens with two attached hydrogens (primary N) is 1. The van der Waals surface area contributed by atoms with Gasteiger partial charge in [-0.25, -0.2) is 0 Å². The van der Waals surface area contributed by atoms with E-state index in [1.54, 1.807) is 24.3 Å². The predicted molar refractivity (Wildman–Crippen MR) is 103 cm³/mol. The Balaban J connectivity index is 1.88. The third-order valence-electron chi connectivity index (χ3n) is 4.34. The summed E-state index contributed by atoms with van der Waals surface area (Å²) >= 11 is 1.44. The van der Waals surface area contributed by atoms with Crippen LogP contribution in [0.1, 0.15) is 57.3 Å². The summed E-state index contributed by atoms with van der Waals surface area (Å²) < 4.78 is 0. The summed E-state index contributed by atoms with van der Waals surface area (Å²) in [4.78, 5) is 37.0. The lowest BCUT2D eigenvalue weighted by Gasteiger charge is -2.08. The van der Waals surface area contributed by atoms with Gasteiger partial charge >= 0.3 is 0 Å². The van der Waals surface area contributed by atoms with Gasteiger partial charge in [-0.1, -0.05) is 12.5 Å². The van der Waals surface area contributed by atoms with Crippen LogP contribution in [0, 0.1) is 0 Å². The van der Waals surface area contributed by atoms with Crippen LogP contribution in [-0.2, 0) is 17.6 Å². The monoisotopic (exact) mass is 371 g/mol. The van der Waals surface area contributed by atoms with Crippen LogP contribution in [0.5, 0.6) is 0 Å². The highest BCUT2D eigenvalue weighted by Gasteiger charge is 2.24. The minimum Gasteiger partial charge on any atom is -0.365 e. The van der Waals surface area contributed by atoms with Crippen molar-refractivity contribution in [3.63, 3.8) is 0 Å². The molecule has 6 nitrogen and oxygen atoms in total. The Morgan fingerprint density at radius 1 is 1.08 bits per heavy atom. The van der Waals surface area contributed by atoms with Crippen molar-refractivity contribution in [2.45, 2.75) is 39.0 Å². The number of thiophene rings is 1. The first-order valence-corrected chi connectivity index (χ1v) is 9.40. The third kappa shape index (κ3) is 3.94. The van der Waals surface area contributed by atoms with E-state index < -0.39 is 5.91 Å². The minimum absolute atomic E-state index is 0.208. The highest BCUT2D eigenvalue weighted by Crippen LogP contribution is 2.37. The van der Waals surface area contributed by atoms with Gasteiger partial charge in [-0.3, -0.25) is 14.4 Å². The van der Waals surface area contributed by atoms with Crippen molar-refractivity contribution in [3.8, 4) is 0 Å². The number of carbonyl (C=O) groups excluding carboxylic acids is 3. The summed E-state index contributed by atoms with van der Waals surface area (Å²) in [5, 5.41) is 6.00. The molecule has 136 valence electrons. The van der Waals surface area contributed by atoms with Crippen molar-refractivity contribution in [1.82, 2.24) is 0 Å². The zero-order valence-electron chi connectivity index (χ0n) is 14.6. The van der Waals surface area contributed by atoms with Gasteiger partial charge in [0, 0.05) is 23.1 Å². The van der Waals surface area contributed by atoms with Crippen LogP contribution in [0.3, 0.4) is 0 Å². The fourth-order valence-corrected chi connectivity index (χ4v) is 4.50. The maximum atomic E-state index is 12.6. The highest BCUT2D eigenvalue weighted by atomic mass is 32.1. The molecule has 1 aliphatic carbocycles. The molecule has 4 N–H and O–H groups in total. The van der Waals surface area contributed by atoms with Crippen molar-refractivity contribution >= 4 is 39.7 Å². The van der Waals surface area contributed by atoms with Crippen molar-refractivity contribution < 1.29 is 14.4 Å². The smallest absolute Gasteiger partial charge is 0.256 e. The highest BCUT2D eigenvalue weighted by molar-refractivity contribution is 7.17. The van der Waals surface area contributed by atoms with E-state index in [1.165, 1.54) is 18.3 Å². The van der Waals surface area contributed by atoms with Gasteiger partial charge in [0.25, 0.3) is 11.8 Å². The molecule has 3 amide bonds. The lowest BCUT2D eigenvalue weighted by atomic mass is 10.1. The number of benzene rings is 1. The topological polar surface area (TPSA) is 101 Å². The summed E-state index contributed by atoms with van der Waals surface area (Å²) in [7, 11) is 0. The Kier molecular flexibility index (Phi) is 5.37. The van der Waals surface area contributed by atoms with Gasteiger partial charge in [0.2, 0.25) is 5.91 Å². The fourth-order valence-electron chi connectivity index (χ4n) is 3.21. The first kappa shape index (κ1) is 18.1. The number of hydrogen-bond donors (Lipinski definition) is 3. The molecule has 1 aliphatic rings. The van der Waals surface area contributed by atoms with Gasteiger partial charge < -0.3 is 16.4 Å². The van der Waals surface area contributed by atoms with Gasteiger partial charge in [-0.2, -0.15) is 0 Å². The number of aryl methyl sites for hydroxylation is 1. The quantitative estimate of drug-likeness (QED) is 0.719. The summed E-state index contributed by atoms with van der Waals surface area (Å²) in [5.74, 6) is -1.05. The normalized spacial score (nSPS) is 13.4. The number of carbonyl (C=O) groups is 3. The van der Waals surface area contributed by atoms with Crippen molar-refractivity contribution in [2.75, 3.05) is 10.6 Å². The second kappa shape index (κ2) is 7.70. The average Bonchev–Trinajstić information content (AvgIpc) is 2.76. The van der Waals surface area contributed by atoms with E-state index in [0.717, 1.165) is 42.5 Å². The molecule has 1 aromatic carbocycles. The summed E-state index contributed by atoms with van der Waals surface area (Å²) in [6.07, 6.45) is 4.97. The summed E-state index contributed by atoms with van der Waals surface area (Å²) in [6, 6.07) is 6.65. The van der Waals surface area contributed by atoms with Crippen LogP contribution >= 0.6 is 11.3 Å². The number of rotatable bonds is 4. The molecule has 26 heavy (non-hydrogen) atoms. The maximum Gasteiger partial charge on any atom is 0.256 e. The second-order valence-corrected chi connectivity index (χ2v) is 7.45. The summed E-state index contributed by atoms with van der Waals surface area (Å²) in [5.41, 5.74) is 7.97. The molecule has 0 bridgehead atoms. The molecule has 0 radical (unpaired) electrons. The molecule has 1 heterocycles. The van der Waals surface area contributed by atoms with Crippen LogP contribution in [0.25, 0.3) is 0 Å². The molecule has 2 aromatic rings. The molecule has 0 aliphatic heterocycles. The van der Waals surface area contributed by atoms with Crippen LogP contribution in [0.15, 0.2) is 24.3 Å². The Hall–Kier alpha value is -2.67. The van der Waals surface area contributed by atoms with Gasteiger partial charge in [-0.15, -0.1) is 11.3 Å². The Labute approximate surface area is 155 Å². The maximum absolute atomic E-state index is 12.6. The largest absolute Gasteiger partial charge is 0.365 e. The number of primary amides is 1. The van der Waals surface area contributed by atoms with Gasteiger partial charge in [0.05, 0.1) is 5.56 Å².